The average Bonchev–Trinajstić information content (AvgIpc) is 3.88. The molecule has 2 aliphatic rings. The number of pyridine rings is 2. The van der Waals surface area contributed by atoms with Crippen LogP contribution in [0.15, 0.2) is 91.7 Å². The predicted molar refractivity (Wildman–Crippen MR) is 200 cm³/mol. The van der Waals surface area contributed by atoms with Crippen LogP contribution in [-0.4, -0.2) is 55.6 Å². The van der Waals surface area contributed by atoms with Crippen molar-refractivity contribution in [2.24, 2.45) is 25.9 Å². The SMILES string of the molecule is Cn1cc(-c2noc(N3CCC(Cc4cc(F)cc(F)c4)CC3)n2)ccc1=O.Cn1cc(-c2noc(N3CCC(Cc4ccc(F)c(F)c4)CC3)n2)ccc1=O. The van der Waals surface area contributed by atoms with Gasteiger partial charge in [0.05, 0.1) is 0 Å². The average molecular weight is 773 g/mol. The van der Waals surface area contributed by atoms with E-state index < -0.39 is 23.3 Å². The number of hydrogen-bond acceptors (Lipinski definition) is 10. The van der Waals surface area contributed by atoms with Gasteiger partial charge in [0.2, 0.25) is 22.8 Å². The first-order valence-electron chi connectivity index (χ1n) is 18.4. The van der Waals surface area contributed by atoms with Crippen LogP contribution in [0.25, 0.3) is 22.8 Å². The maximum Gasteiger partial charge on any atom is 0.324 e. The number of piperidine rings is 2. The standard InChI is InChI=1S/2C20H20F2N4O2/c1-25-12-15(3-5-18(25)27)19-23-20(28-24-19)26-8-6-13(7-9-26)10-14-2-4-16(21)17(22)11-14;1-25-12-15(2-3-18(25)27)19-23-20(28-24-19)26-6-4-13(5-7-26)8-14-9-16(21)11-17(22)10-14/h2-5,11-13H,6-10H2,1H3;2-3,9-13H,4-8H2,1H3. The first-order valence-corrected chi connectivity index (χ1v) is 18.4. The van der Waals surface area contributed by atoms with Crippen molar-refractivity contribution in [3.05, 3.63) is 128 Å². The third-order valence-electron chi connectivity index (χ3n) is 10.2. The largest absolute Gasteiger partial charge is 0.324 e. The van der Waals surface area contributed by atoms with Gasteiger partial charge >= 0.3 is 12.0 Å². The molecule has 0 N–H and O–H groups in total. The summed E-state index contributed by atoms with van der Waals surface area (Å²) in [6, 6.07) is 15.0. The third kappa shape index (κ3) is 9.24. The predicted octanol–water partition coefficient (Wildman–Crippen LogP) is 6.35. The number of aryl methyl sites for hydroxylation is 2. The molecule has 0 spiro atoms. The number of rotatable bonds is 8. The molecule has 0 amide bonds. The molecule has 6 aromatic rings. The molecule has 12 nitrogen and oxygen atoms in total. The third-order valence-corrected chi connectivity index (χ3v) is 10.2. The molecular formula is C40H40F4N8O4. The zero-order chi connectivity index (χ0) is 39.3. The van der Waals surface area contributed by atoms with Crippen LogP contribution in [0, 0.1) is 35.1 Å². The number of aromatic nitrogens is 6. The van der Waals surface area contributed by atoms with E-state index in [0.29, 0.717) is 58.6 Å². The lowest BCUT2D eigenvalue weighted by Crippen LogP contribution is -2.34. The summed E-state index contributed by atoms with van der Waals surface area (Å²) in [5.41, 5.74) is 2.71. The Morgan fingerprint density at radius 2 is 1.05 bits per heavy atom. The number of benzene rings is 2. The Labute approximate surface area is 319 Å². The van der Waals surface area contributed by atoms with Gasteiger partial charge in [0.15, 0.2) is 11.6 Å². The molecule has 2 fully saturated rings. The lowest BCUT2D eigenvalue weighted by atomic mass is 9.90. The molecule has 0 atom stereocenters. The van der Waals surface area contributed by atoms with Crippen LogP contribution in [0.4, 0.5) is 29.6 Å². The van der Waals surface area contributed by atoms with Crippen LogP contribution in [0.5, 0.6) is 0 Å². The quantitative estimate of drug-likeness (QED) is 0.162. The van der Waals surface area contributed by atoms with Crippen molar-refractivity contribution < 1.29 is 26.6 Å². The first kappa shape index (κ1) is 38.2. The fourth-order valence-electron chi connectivity index (χ4n) is 7.09. The van der Waals surface area contributed by atoms with Crippen LogP contribution in [0.2, 0.25) is 0 Å². The fourth-order valence-corrected chi connectivity index (χ4v) is 7.09. The first-order chi connectivity index (χ1) is 27.0. The van der Waals surface area contributed by atoms with Crippen molar-refractivity contribution in [3.8, 4) is 22.8 Å². The second-order valence-corrected chi connectivity index (χ2v) is 14.3. The van der Waals surface area contributed by atoms with Gasteiger partial charge in [-0.15, -0.1) is 0 Å². The molecule has 4 aromatic heterocycles. The van der Waals surface area contributed by atoms with Crippen LogP contribution in [-0.2, 0) is 26.9 Å². The lowest BCUT2D eigenvalue weighted by molar-refractivity contribution is 0.361. The second-order valence-electron chi connectivity index (χ2n) is 14.3. The van der Waals surface area contributed by atoms with Gasteiger partial charge in [-0.3, -0.25) is 9.59 Å². The zero-order valence-corrected chi connectivity index (χ0v) is 30.9. The van der Waals surface area contributed by atoms with E-state index in [1.807, 2.05) is 9.80 Å². The van der Waals surface area contributed by atoms with Crippen LogP contribution >= 0.6 is 0 Å². The molecule has 292 valence electrons. The number of anilines is 2. The number of halogens is 4. The monoisotopic (exact) mass is 772 g/mol. The summed E-state index contributed by atoms with van der Waals surface area (Å²) in [6.45, 7) is 2.97. The maximum atomic E-state index is 13.4. The Morgan fingerprint density at radius 3 is 1.50 bits per heavy atom. The summed E-state index contributed by atoms with van der Waals surface area (Å²) in [5.74, 6) is -1.07. The molecule has 6 heterocycles. The van der Waals surface area contributed by atoms with E-state index in [2.05, 4.69) is 20.3 Å². The Balaban J connectivity index is 0.000000172. The summed E-state index contributed by atoms with van der Waals surface area (Å²) in [7, 11) is 3.34. The van der Waals surface area contributed by atoms with Crippen LogP contribution in [0.3, 0.4) is 0 Å². The number of nitrogens with zero attached hydrogens (tertiary/aromatic N) is 8. The van der Waals surface area contributed by atoms with Crippen molar-refractivity contribution in [2.45, 2.75) is 38.5 Å². The van der Waals surface area contributed by atoms with E-state index in [0.717, 1.165) is 69.9 Å². The molecule has 2 aromatic carbocycles. The Bertz CT molecular complexity index is 2390. The van der Waals surface area contributed by atoms with Crippen molar-refractivity contribution in [2.75, 3.05) is 36.0 Å². The Morgan fingerprint density at radius 1 is 0.589 bits per heavy atom. The van der Waals surface area contributed by atoms with Gasteiger partial charge in [0.25, 0.3) is 0 Å². The highest BCUT2D eigenvalue weighted by molar-refractivity contribution is 5.55. The molecule has 0 radical (unpaired) electrons. The molecule has 16 heteroatoms. The molecule has 8 rings (SSSR count). The molecule has 0 aliphatic carbocycles. The highest BCUT2D eigenvalue weighted by Crippen LogP contribution is 2.28. The van der Waals surface area contributed by atoms with E-state index in [4.69, 9.17) is 9.05 Å². The van der Waals surface area contributed by atoms with Gasteiger partial charge < -0.3 is 28.0 Å². The molecule has 2 aliphatic heterocycles. The minimum atomic E-state index is -0.816. The van der Waals surface area contributed by atoms with Gasteiger partial charge in [-0.05, 0) is 97.9 Å². The van der Waals surface area contributed by atoms with E-state index >= 15 is 0 Å². The van der Waals surface area contributed by atoms with Crippen molar-refractivity contribution >= 4 is 12.0 Å². The molecule has 2 saturated heterocycles. The summed E-state index contributed by atoms with van der Waals surface area (Å²) in [6.07, 6.45) is 8.25. The summed E-state index contributed by atoms with van der Waals surface area (Å²) < 4.78 is 66.9. The topological polar surface area (TPSA) is 128 Å². The van der Waals surface area contributed by atoms with Crippen LogP contribution < -0.4 is 20.9 Å². The van der Waals surface area contributed by atoms with E-state index in [-0.39, 0.29) is 11.1 Å². The van der Waals surface area contributed by atoms with Gasteiger partial charge in [-0.2, -0.15) is 9.97 Å². The van der Waals surface area contributed by atoms with Gasteiger partial charge in [0.1, 0.15) is 11.6 Å². The minimum Gasteiger partial charge on any atom is -0.324 e. The van der Waals surface area contributed by atoms with Crippen molar-refractivity contribution in [1.29, 1.82) is 0 Å². The zero-order valence-electron chi connectivity index (χ0n) is 30.9. The van der Waals surface area contributed by atoms with Gasteiger partial charge in [0, 0.05) is 82.0 Å². The number of hydrogen-bond donors (Lipinski definition) is 0. The van der Waals surface area contributed by atoms with Crippen LogP contribution in [0.1, 0.15) is 36.8 Å². The smallest absolute Gasteiger partial charge is 0.324 e. The molecule has 0 saturated carbocycles. The minimum absolute atomic E-state index is 0.101. The fraction of sp³-hybridized carbons (Fsp3) is 0.350. The molecule has 0 bridgehead atoms. The highest BCUT2D eigenvalue weighted by atomic mass is 19.2. The second kappa shape index (κ2) is 16.8. The molecular weight excluding hydrogens is 732 g/mol. The van der Waals surface area contributed by atoms with Crippen molar-refractivity contribution in [1.82, 2.24) is 29.4 Å². The summed E-state index contributed by atoms with van der Waals surface area (Å²) in [5, 5.41) is 8.03. The van der Waals surface area contributed by atoms with E-state index in [1.165, 1.54) is 45.5 Å². The maximum absolute atomic E-state index is 13.4. The van der Waals surface area contributed by atoms with Gasteiger partial charge in [-0.25, -0.2) is 17.6 Å². The molecule has 0 unspecified atom stereocenters. The van der Waals surface area contributed by atoms with E-state index in [9.17, 15) is 27.2 Å². The lowest BCUT2D eigenvalue weighted by Gasteiger charge is -2.30. The Kier molecular flexibility index (Phi) is 11.4. The molecule has 56 heavy (non-hydrogen) atoms. The normalized spacial score (nSPS) is 15.2. The summed E-state index contributed by atoms with van der Waals surface area (Å²) in [4.78, 5) is 35.9. The van der Waals surface area contributed by atoms with Crippen molar-refractivity contribution in [3.63, 3.8) is 0 Å². The van der Waals surface area contributed by atoms with Gasteiger partial charge in [-0.1, -0.05) is 16.4 Å². The highest BCUT2D eigenvalue weighted by Gasteiger charge is 2.25. The Hall–Kier alpha value is -6.06. The summed E-state index contributed by atoms with van der Waals surface area (Å²) >= 11 is 0. The van der Waals surface area contributed by atoms with E-state index in [1.54, 1.807) is 44.7 Å².